The van der Waals surface area contributed by atoms with Crippen molar-refractivity contribution in [2.24, 2.45) is 7.05 Å². The summed E-state index contributed by atoms with van der Waals surface area (Å²) in [5, 5.41) is 7.07. The van der Waals surface area contributed by atoms with Gasteiger partial charge in [0.1, 0.15) is 5.75 Å². The predicted molar refractivity (Wildman–Crippen MR) is 110 cm³/mol. The van der Waals surface area contributed by atoms with E-state index < -0.39 is 6.10 Å². The van der Waals surface area contributed by atoms with E-state index in [1.807, 2.05) is 38.1 Å². The number of carbonyl (C=O) groups excluding carboxylic acids is 1. The van der Waals surface area contributed by atoms with E-state index >= 15 is 0 Å². The van der Waals surface area contributed by atoms with Gasteiger partial charge in [0.05, 0.1) is 5.69 Å². The number of ether oxygens (including phenoxy) is 1. The minimum atomic E-state index is -0.633. The Hall–Kier alpha value is -3.41. The van der Waals surface area contributed by atoms with Gasteiger partial charge < -0.3 is 10.1 Å². The molecule has 28 heavy (non-hydrogen) atoms. The molecule has 0 saturated heterocycles. The van der Waals surface area contributed by atoms with Gasteiger partial charge in [-0.15, -0.1) is 0 Å². The van der Waals surface area contributed by atoms with Crippen molar-refractivity contribution in [3.63, 3.8) is 0 Å². The molecule has 1 aromatic heterocycles. The van der Waals surface area contributed by atoms with Crippen LogP contribution in [0, 0.1) is 13.8 Å². The molecule has 6 heteroatoms. The zero-order valence-electron chi connectivity index (χ0n) is 16.4. The summed E-state index contributed by atoms with van der Waals surface area (Å²) in [4.78, 5) is 23.9. The van der Waals surface area contributed by atoms with Crippen molar-refractivity contribution in [1.82, 2.24) is 9.78 Å². The van der Waals surface area contributed by atoms with E-state index in [2.05, 4.69) is 16.5 Å². The number of carbonyl (C=O) groups is 1. The molecule has 0 aliphatic rings. The molecule has 0 aliphatic heterocycles. The molecule has 3 aromatic rings. The largest absolute Gasteiger partial charge is 0.481 e. The number of nitrogens with zero attached hydrogens (tertiary/aromatic N) is 2. The molecule has 0 fully saturated rings. The number of anilines is 1. The van der Waals surface area contributed by atoms with Crippen LogP contribution in [-0.2, 0) is 11.8 Å². The average molecular weight is 377 g/mol. The standard InChI is InChI=1S/C22H23N3O3/c1-14-11-15(2)13-19(12-14)28-16(3)22(27)23-18-7-5-17(6-8-18)20-9-10-21(26)25(4)24-20/h5-13,16H,1-4H3,(H,23,27). The predicted octanol–water partition coefficient (Wildman–Crippen LogP) is 3.47. The van der Waals surface area contributed by atoms with E-state index in [0.29, 0.717) is 17.1 Å². The highest BCUT2D eigenvalue weighted by Crippen LogP contribution is 2.20. The van der Waals surface area contributed by atoms with Gasteiger partial charge >= 0.3 is 0 Å². The Labute approximate surface area is 163 Å². The Morgan fingerprint density at radius 2 is 1.68 bits per heavy atom. The highest BCUT2D eigenvalue weighted by molar-refractivity contribution is 5.94. The van der Waals surface area contributed by atoms with Crippen molar-refractivity contribution in [3.8, 4) is 17.0 Å². The van der Waals surface area contributed by atoms with Gasteiger partial charge in [-0.05, 0) is 62.2 Å². The molecular formula is C22H23N3O3. The topological polar surface area (TPSA) is 73.2 Å². The van der Waals surface area contributed by atoms with Crippen molar-refractivity contribution >= 4 is 11.6 Å². The van der Waals surface area contributed by atoms with Gasteiger partial charge in [-0.25, -0.2) is 4.68 Å². The first-order chi connectivity index (χ1) is 13.3. The van der Waals surface area contributed by atoms with E-state index in [-0.39, 0.29) is 11.5 Å². The molecule has 2 aromatic carbocycles. The van der Waals surface area contributed by atoms with E-state index in [4.69, 9.17) is 4.74 Å². The lowest BCUT2D eigenvalue weighted by atomic mass is 10.1. The third-order valence-electron chi connectivity index (χ3n) is 4.29. The monoisotopic (exact) mass is 377 g/mol. The maximum Gasteiger partial charge on any atom is 0.266 e. The minimum Gasteiger partial charge on any atom is -0.481 e. The second-order valence-electron chi connectivity index (χ2n) is 6.83. The Kier molecular flexibility index (Phi) is 5.59. The van der Waals surface area contributed by atoms with Gasteiger partial charge in [-0.3, -0.25) is 9.59 Å². The van der Waals surface area contributed by atoms with Gasteiger partial charge in [0.15, 0.2) is 6.10 Å². The fourth-order valence-corrected chi connectivity index (χ4v) is 2.88. The van der Waals surface area contributed by atoms with Crippen molar-refractivity contribution in [1.29, 1.82) is 0 Å². The van der Waals surface area contributed by atoms with Gasteiger partial charge in [0, 0.05) is 24.4 Å². The molecule has 144 valence electrons. The lowest BCUT2D eigenvalue weighted by Gasteiger charge is -2.16. The second-order valence-corrected chi connectivity index (χ2v) is 6.83. The summed E-state index contributed by atoms with van der Waals surface area (Å²) in [6.07, 6.45) is -0.633. The number of rotatable bonds is 5. The average Bonchev–Trinajstić information content (AvgIpc) is 2.63. The van der Waals surface area contributed by atoms with E-state index in [9.17, 15) is 9.59 Å². The Balaban J connectivity index is 1.66. The Morgan fingerprint density at radius 1 is 1.04 bits per heavy atom. The molecular weight excluding hydrogens is 354 g/mol. The van der Waals surface area contributed by atoms with Crippen LogP contribution in [0.4, 0.5) is 5.69 Å². The second kappa shape index (κ2) is 8.08. The molecule has 0 radical (unpaired) electrons. The van der Waals surface area contributed by atoms with Crippen molar-refractivity contribution < 1.29 is 9.53 Å². The van der Waals surface area contributed by atoms with E-state index in [1.165, 1.54) is 10.7 Å². The highest BCUT2D eigenvalue weighted by Gasteiger charge is 2.15. The summed E-state index contributed by atoms with van der Waals surface area (Å²) in [5.74, 6) is 0.448. The van der Waals surface area contributed by atoms with Gasteiger partial charge in [0.25, 0.3) is 11.5 Å². The van der Waals surface area contributed by atoms with Crippen LogP contribution in [0.25, 0.3) is 11.3 Å². The molecule has 6 nitrogen and oxygen atoms in total. The molecule has 3 rings (SSSR count). The van der Waals surface area contributed by atoms with Crippen LogP contribution in [0.3, 0.4) is 0 Å². The van der Waals surface area contributed by atoms with Crippen molar-refractivity contribution in [2.75, 3.05) is 5.32 Å². The maximum absolute atomic E-state index is 12.4. The number of benzene rings is 2. The molecule has 1 heterocycles. The van der Waals surface area contributed by atoms with Crippen molar-refractivity contribution in [2.45, 2.75) is 26.9 Å². The summed E-state index contributed by atoms with van der Waals surface area (Å²) in [6, 6.07) is 16.3. The molecule has 0 spiro atoms. The van der Waals surface area contributed by atoms with Crippen LogP contribution in [0.5, 0.6) is 5.75 Å². The van der Waals surface area contributed by atoms with Crippen LogP contribution in [0.1, 0.15) is 18.1 Å². The molecule has 1 atom stereocenters. The number of hydrogen-bond donors (Lipinski definition) is 1. The molecule has 1 N–H and O–H groups in total. The molecule has 0 aliphatic carbocycles. The summed E-state index contributed by atoms with van der Waals surface area (Å²) in [6.45, 7) is 5.70. The Morgan fingerprint density at radius 3 is 2.29 bits per heavy atom. The first-order valence-corrected chi connectivity index (χ1v) is 9.02. The molecule has 1 unspecified atom stereocenters. The van der Waals surface area contributed by atoms with Gasteiger partial charge in [0.2, 0.25) is 0 Å². The van der Waals surface area contributed by atoms with Crippen LogP contribution < -0.4 is 15.6 Å². The van der Waals surface area contributed by atoms with Crippen LogP contribution in [-0.4, -0.2) is 21.8 Å². The number of amides is 1. The van der Waals surface area contributed by atoms with Gasteiger partial charge in [-0.1, -0.05) is 18.2 Å². The molecule has 1 amide bonds. The third kappa shape index (κ3) is 4.65. The maximum atomic E-state index is 12.4. The number of aryl methyl sites for hydroxylation is 3. The van der Waals surface area contributed by atoms with Crippen molar-refractivity contribution in [3.05, 3.63) is 76.1 Å². The third-order valence-corrected chi connectivity index (χ3v) is 4.29. The number of hydrogen-bond acceptors (Lipinski definition) is 4. The zero-order valence-corrected chi connectivity index (χ0v) is 16.4. The fourth-order valence-electron chi connectivity index (χ4n) is 2.88. The summed E-state index contributed by atoms with van der Waals surface area (Å²) in [5.41, 5.74) is 4.22. The van der Waals surface area contributed by atoms with Crippen LogP contribution in [0.2, 0.25) is 0 Å². The number of nitrogens with one attached hydrogen (secondary N) is 1. The normalized spacial score (nSPS) is 11.7. The Bertz CT molecular complexity index is 1040. The van der Waals surface area contributed by atoms with Crippen LogP contribution in [0.15, 0.2) is 59.4 Å². The fraction of sp³-hybridized carbons (Fsp3) is 0.227. The quantitative estimate of drug-likeness (QED) is 0.739. The first-order valence-electron chi connectivity index (χ1n) is 9.02. The SMILES string of the molecule is Cc1cc(C)cc(OC(C)C(=O)Nc2ccc(-c3ccc(=O)n(C)n3)cc2)c1. The first kappa shape index (κ1) is 19.4. The lowest BCUT2D eigenvalue weighted by Crippen LogP contribution is -2.30. The summed E-state index contributed by atoms with van der Waals surface area (Å²) < 4.78 is 7.06. The van der Waals surface area contributed by atoms with E-state index in [1.54, 1.807) is 32.2 Å². The highest BCUT2D eigenvalue weighted by atomic mass is 16.5. The van der Waals surface area contributed by atoms with Crippen LogP contribution >= 0.6 is 0 Å². The summed E-state index contributed by atoms with van der Waals surface area (Å²) in [7, 11) is 1.61. The summed E-state index contributed by atoms with van der Waals surface area (Å²) >= 11 is 0. The van der Waals surface area contributed by atoms with E-state index in [0.717, 1.165) is 16.7 Å². The number of aromatic nitrogens is 2. The lowest BCUT2D eigenvalue weighted by molar-refractivity contribution is -0.122. The molecule has 0 saturated carbocycles. The van der Waals surface area contributed by atoms with Gasteiger partial charge in [-0.2, -0.15) is 5.10 Å². The zero-order chi connectivity index (χ0) is 20.3. The smallest absolute Gasteiger partial charge is 0.266 e. The molecule has 0 bridgehead atoms. The minimum absolute atomic E-state index is 0.162.